The third-order valence-corrected chi connectivity index (χ3v) is 2.56. The molecule has 0 fully saturated rings. The van der Waals surface area contributed by atoms with E-state index in [1.165, 1.54) is 18.2 Å². The molecule has 2 aromatic carbocycles. The molecule has 0 aliphatic carbocycles. The third kappa shape index (κ3) is 2.53. The summed E-state index contributed by atoms with van der Waals surface area (Å²) in [6.07, 6.45) is 0. The van der Waals surface area contributed by atoms with Gasteiger partial charge in [-0.3, -0.25) is 0 Å². The second-order valence-corrected chi connectivity index (χ2v) is 3.94. The number of nitrogens with zero attached hydrogens (tertiary/aromatic N) is 2. The minimum absolute atomic E-state index is 0.101. The third-order valence-electron chi connectivity index (χ3n) is 2.56. The first-order valence-corrected chi connectivity index (χ1v) is 5.53. The van der Waals surface area contributed by atoms with Gasteiger partial charge in [-0.2, -0.15) is 10.5 Å². The van der Waals surface area contributed by atoms with Gasteiger partial charge in [-0.05, 0) is 36.8 Å². The van der Waals surface area contributed by atoms with Crippen molar-refractivity contribution in [1.82, 2.24) is 0 Å². The van der Waals surface area contributed by atoms with Crippen LogP contribution < -0.4 is 4.74 Å². The molecule has 0 aliphatic heterocycles. The monoisotopic (exact) mass is 252 g/mol. The Hall–Kier alpha value is -2.85. The maximum atomic E-state index is 13.4. The fraction of sp³-hybridized carbons (Fsp3) is 0.0667. The molecule has 0 aromatic heterocycles. The minimum Gasteiger partial charge on any atom is -0.454 e. The van der Waals surface area contributed by atoms with Crippen LogP contribution in [0, 0.1) is 35.4 Å². The molecule has 0 amide bonds. The van der Waals surface area contributed by atoms with Gasteiger partial charge in [0.15, 0.2) is 0 Å². The molecule has 2 aromatic rings. The summed E-state index contributed by atoms with van der Waals surface area (Å²) < 4.78 is 18.9. The van der Waals surface area contributed by atoms with E-state index in [0.717, 1.165) is 5.56 Å². The van der Waals surface area contributed by atoms with Crippen molar-refractivity contribution >= 4 is 0 Å². The second kappa shape index (κ2) is 5.20. The van der Waals surface area contributed by atoms with E-state index in [2.05, 4.69) is 0 Å². The zero-order chi connectivity index (χ0) is 13.8. The molecule has 0 saturated carbocycles. The Kier molecular flexibility index (Phi) is 3.45. The Morgan fingerprint density at radius 1 is 1.05 bits per heavy atom. The fourth-order valence-corrected chi connectivity index (χ4v) is 1.62. The van der Waals surface area contributed by atoms with Crippen LogP contribution in [0.5, 0.6) is 11.5 Å². The SMILES string of the molecule is Cc1ccc(C#N)c(Oc2cccc(F)c2C#N)c1. The van der Waals surface area contributed by atoms with Gasteiger partial charge in [-0.25, -0.2) is 4.39 Å². The van der Waals surface area contributed by atoms with Crippen molar-refractivity contribution in [2.45, 2.75) is 6.92 Å². The molecule has 0 atom stereocenters. The van der Waals surface area contributed by atoms with Crippen molar-refractivity contribution in [3.05, 3.63) is 58.9 Å². The number of hydrogen-bond acceptors (Lipinski definition) is 3. The van der Waals surface area contributed by atoms with E-state index in [-0.39, 0.29) is 11.3 Å². The number of rotatable bonds is 2. The molecule has 4 heteroatoms. The summed E-state index contributed by atoms with van der Waals surface area (Å²) in [5.41, 5.74) is 1.07. The fourth-order valence-electron chi connectivity index (χ4n) is 1.62. The van der Waals surface area contributed by atoms with Crippen LogP contribution in [0.1, 0.15) is 16.7 Å². The summed E-state index contributed by atoms with van der Waals surface area (Å²) in [6, 6.07) is 12.9. The second-order valence-electron chi connectivity index (χ2n) is 3.94. The van der Waals surface area contributed by atoms with Gasteiger partial charge in [0.25, 0.3) is 0 Å². The van der Waals surface area contributed by atoms with Gasteiger partial charge < -0.3 is 4.74 Å². The molecule has 0 aliphatic rings. The van der Waals surface area contributed by atoms with Crippen LogP contribution in [0.3, 0.4) is 0 Å². The first kappa shape index (κ1) is 12.6. The van der Waals surface area contributed by atoms with Gasteiger partial charge in [0.2, 0.25) is 0 Å². The Labute approximate surface area is 110 Å². The Balaban J connectivity index is 2.49. The zero-order valence-corrected chi connectivity index (χ0v) is 10.1. The maximum absolute atomic E-state index is 13.4. The van der Waals surface area contributed by atoms with Crippen LogP contribution in [0.2, 0.25) is 0 Å². The lowest BCUT2D eigenvalue weighted by atomic mass is 10.1. The van der Waals surface area contributed by atoms with Crippen LogP contribution >= 0.6 is 0 Å². The van der Waals surface area contributed by atoms with Crippen molar-refractivity contribution in [3.63, 3.8) is 0 Å². The lowest BCUT2D eigenvalue weighted by molar-refractivity contribution is 0.472. The first-order chi connectivity index (χ1) is 9.15. The zero-order valence-electron chi connectivity index (χ0n) is 10.1. The van der Waals surface area contributed by atoms with Crippen molar-refractivity contribution < 1.29 is 9.13 Å². The van der Waals surface area contributed by atoms with Crippen LogP contribution in [0.15, 0.2) is 36.4 Å². The molecule has 92 valence electrons. The average Bonchev–Trinajstić information content (AvgIpc) is 2.39. The van der Waals surface area contributed by atoms with Gasteiger partial charge in [0.05, 0.1) is 5.56 Å². The van der Waals surface area contributed by atoms with Crippen molar-refractivity contribution in [2.24, 2.45) is 0 Å². The number of aryl methyl sites for hydroxylation is 1. The van der Waals surface area contributed by atoms with Crippen molar-refractivity contribution in [2.75, 3.05) is 0 Å². The highest BCUT2D eigenvalue weighted by Gasteiger charge is 2.12. The van der Waals surface area contributed by atoms with Gasteiger partial charge in [0, 0.05) is 0 Å². The lowest BCUT2D eigenvalue weighted by Gasteiger charge is -2.09. The molecule has 0 saturated heterocycles. The number of halogens is 1. The molecular formula is C15H9FN2O. The summed E-state index contributed by atoms with van der Waals surface area (Å²) in [5.74, 6) is -0.236. The largest absolute Gasteiger partial charge is 0.454 e. The highest BCUT2D eigenvalue weighted by molar-refractivity contribution is 5.51. The molecule has 0 N–H and O–H groups in total. The van der Waals surface area contributed by atoms with E-state index in [9.17, 15) is 4.39 Å². The van der Waals surface area contributed by atoms with Crippen LogP contribution in [0.25, 0.3) is 0 Å². The van der Waals surface area contributed by atoms with E-state index in [4.69, 9.17) is 15.3 Å². The summed E-state index contributed by atoms with van der Waals surface area (Å²) >= 11 is 0. The molecular weight excluding hydrogens is 243 g/mol. The molecule has 0 bridgehead atoms. The van der Waals surface area contributed by atoms with E-state index < -0.39 is 5.82 Å². The van der Waals surface area contributed by atoms with Crippen LogP contribution in [0.4, 0.5) is 4.39 Å². The predicted molar refractivity (Wildman–Crippen MR) is 67.1 cm³/mol. The predicted octanol–water partition coefficient (Wildman–Crippen LogP) is 3.67. The van der Waals surface area contributed by atoms with E-state index in [0.29, 0.717) is 11.3 Å². The molecule has 2 rings (SSSR count). The van der Waals surface area contributed by atoms with E-state index >= 15 is 0 Å². The van der Waals surface area contributed by atoms with Gasteiger partial charge in [-0.15, -0.1) is 0 Å². The van der Waals surface area contributed by atoms with Gasteiger partial charge in [-0.1, -0.05) is 12.1 Å². The minimum atomic E-state index is -0.647. The number of ether oxygens (including phenoxy) is 1. The maximum Gasteiger partial charge on any atom is 0.148 e. The number of nitriles is 2. The molecule has 3 nitrogen and oxygen atoms in total. The molecule has 0 heterocycles. The topological polar surface area (TPSA) is 56.8 Å². The Morgan fingerprint density at radius 3 is 2.53 bits per heavy atom. The Morgan fingerprint density at radius 2 is 1.84 bits per heavy atom. The van der Waals surface area contributed by atoms with Gasteiger partial charge >= 0.3 is 0 Å². The van der Waals surface area contributed by atoms with Gasteiger partial charge in [0.1, 0.15) is 35.0 Å². The quantitative estimate of drug-likeness (QED) is 0.819. The first-order valence-electron chi connectivity index (χ1n) is 5.53. The number of hydrogen-bond donors (Lipinski definition) is 0. The number of benzene rings is 2. The molecule has 0 radical (unpaired) electrons. The summed E-state index contributed by atoms with van der Waals surface area (Å²) in [4.78, 5) is 0. The van der Waals surface area contributed by atoms with E-state index in [1.54, 1.807) is 24.3 Å². The van der Waals surface area contributed by atoms with Crippen molar-refractivity contribution in [3.8, 4) is 23.6 Å². The molecule has 0 spiro atoms. The van der Waals surface area contributed by atoms with E-state index in [1.807, 2.05) is 13.0 Å². The molecule has 0 unspecified atom stereocenters. The smallest absolute Gasteiger partial charge is 0.148 e. The highest BCUT2D eigenvalue weighted by Crippen LogP contribution is 2.29. The molecule has 19 heavy (non-hydrogen) atoms. The lowest BCUT2D eigenvalue weighted by Crippen LogP contribution is -1.94. The Bertz CT molecular complexity index is 711. The summed E-state index contributed by atoms with van der Waals surface area (Å²) in [6.45, 7) is 1.85. The summed E-state index contributed by atoms with van der Waals surface area (Å²) in [5, 5.41) is 17.9. The normalized spacial score (nSPS) is 9.47. The van der Waals surface area contributed by atoms with Crippen molar-refractivity contribution in [1.29, 1.82) is 10.5 Å². The average molecular weight is 252 g/mol. The van der Waals surface area contributed by atoms with Crippen LogP contribution in [-0.2, 0) is 0 Å². The highest BCUT2D eigenvalue weighted by atomic mass is 19.1. The van der Waals surface area contributed by atoms with Crippen LogP contribution in [-0.4, -0.2) is 0 Å². The summed E-state index contributed by atoms with van der Waals surface area (Å²) in [7, 11) is 0. The standard InChI is InChI=1S/C15H9FN2O/c1-10-5-6-11(8-17)15(7-10)19-14-4-2-3-13(16)12(14)9-18/h2-7H,1H3.